The van der Waals surface area contributed by atoms with Crippen molar-refractivity contribution in [3.63, 3.8) is 0 Å². The first-order valence-electron chi connectivity index (χ1n) is 6.57. The number of nitrogens with zero attached hydrogens (tertiary/aromatic N) is 2. The van der Waals surface area contributed by atoms with E-state index in [1.807, 2.05) is 14.0 Å². The van der Waals surface area contributed by atoms with Crippen molar-refractivity contribution in [1.82, 2.24) is 9.21 Å². The zero-order valence-electron chi connectivity index (χ0n) is 11.9. The molecule has 1 atom stereocenters. The summed E-state index contributed by atoms with van der Waals surface area (Å²) in [6.07, 6.45) is 0. The van der Waals surface area contributed by atoms with Gasteiger partial charge in [-0.25, -0.2) is 8.42 Å². The predicted octanol–water partition coefficient (Wildman–Crippen LogP) is 1.81. The van der Waals surface area contributed by atoms with E-state index in [0.29, 0.717) is 19.6 Å². The van der Waals surface area contributed by atoms with Crippen LogP contribution in [0, 0.1) is 0 Å². The van der Waals surface area contributed by atoms with Crippen LogP contribution in [0.4, 0.5) is 0 Å². The molecule has 1 fully saturated rings. The van der Waals surface area contributed by atoms with Crippen LogP contribution in [0.5, 0.6) is 0 Å². The first-order valence-corrected chi connectivity index (χ1v) is 8.76. The molecule has 5 nitrogen and oxygen atoms in total. The Balaban J connectivity index is 2.45. The van der Waals surface area contributed by atoms with Gasteiger partial charge in [0.1, 0.15) is 4.90 Å². The monoisotopic (exact) mass is 352 g/mol. The van der Waals surface area contributed by atoms with Crippen LogP contribution in [0.1, 0.15) is 12.5 Å². The van der Waals surface area contributed by atoms with Crippen molar-refractivity contribution >= 4 is 33.2 Å². The van der Waals surface area contributed by atoms with Gasteiger partial charge in [-0.3, -0.25) is 0 Å². The van der Waals surface area contributed by atoms with Gasteiger partial charge in [0, 0.05) is 36.3 Å². The number of aliphatic hydroxyl groups is 1. The first kappa shape index (κ1) is 17.0. The first-order chi connectivity index (χ1) is 9.78. The SMILES string of the molecule is CC1CN(C)CCN1S(=O)(=O)c1ccc(Cl)c(CO)c1Cl. The second kappa shape index (κ2) is 6.40. The normalized spacial score (nSPS) is 21.7. The lowest BCUT2D eigenvalue weighted by Gasteiger charge is -2.37. The molecule has 0 bridgehead atoms. The highest BCUT2D eigenvalue weighted by atomic mass is 35.5. The Hall–Kier alpha value is -0.370. The van der Waals surface area contributed by atoms with Gasteiger partial charge in [0.25, 0.3) is 0 Å². The van der Waals surface area contributed by atoms with Gasteiger partial charge in [-0.2, -0.15) is 4.31 Å². The Morgan fingerprint density at radius 3 is 2.57 bits per heavy atom. The number of hydrogen-bond donors (Lipinski definition) is 1. The number of likely N-dealkylation sites (N-methyl/N-ethyl adjacent to an activating group) is 1. The van der Waals surface area contributed by atoms with Gasteiger partial charge >= 0.3 is 0 Å². The molecule has 0 amide bonds. The fraction of sp³-hybridized carbons (Fsp3) is 0.538. The molecule has 1 aliphatic heterocycles. The van der Waals surface area contributed by atoms with E-state index in [1.54, 1.807) is 0 Å². The molecule has 2 rings (SSSR count). The van der Waals surface area contributed by atoms with Crippen molar-refractivity contribution in [2.45, 2.75) is 24.5 Å². The molecule has 1 aromatic rings. The van der Waals surface area contributed by atoms with E-state index in [0.717, 1.165) is 0 Å². The highest BCUT2D eigenvalue weighted by Crippen LogP contribution is 2.33. The molecule has 21 heavy (non-hydrogen) atoms. The van der Waals surface area contributed by atoms with Crippen LogP contribution < -0.4 is 0 Å². The smallest absolute Gasteiger partial charge is 0.244 e. The average molecular weight is 353 g/mol. The average Bonchev–Trinajstić information content (AvgIpc) is 2.38. The van der Waals surface area contributed by atoms with Crippen LogP contribution >= 0.6 is 23.2 Å². The molecule has 0 aliphatic carbocycles. The van der Waals surface area contributed by atoms with Crippen LogP contribution in [0.2, 0.25) is 10.0 Å². The Bertz CT molecular complexity index is 637. The molecule has 0 spiro atoms. The molecule has 0 saturated carbocycles. The van der Waals surface area contributed by atoms with E-state index >= 15 is 0 Å². The maximum Gasteiger partial charge on any atom is 0.244 e. The van der Waals surface area contributed by atoms with Crippen LogP contribution in [-0.4, -0.2) is 55.5 Å². The molecule has 0 aromatic heterocycles. The number of sulfonamides is 1. The topological polar surface area (TPSA) is 60.9 Å². The fourth-order valence-corrected chi connectivity index (χ4v) is 5.01. The zero-order valence-corrected chi connectivity index (χ0v) is 14.2. The Labute approximate surface area is 135 Å². The summed E-state index contributed by atoms with van der Waals surface area (Å²) in [6, 6.07) is 2.70. The van der Waals surface area contributed by atoms with Gasteiger partial charge in [0.05, 0.1) is 11.6 Å². The summed E-state index contributed by atoms with van der Waals surface area (Å²) < 4.78 is 27.1. The van der Waals surface area contributed by atoms with Gasteiger partial charge in [0.2, 0.25) is 10.0 Å². The summed E-state index contributed by atoms with van der Waals surface area (Å²) in [4.78, 5) is 2.08. The highest BCUT2D eigenvalue weighted by molar-refractivity contribution is 7.89. The largest absolute Gasteiger partial charge is 0.392 e. The lowest BCUT2D eigenvalue weighted by Crippen LogP contribution is -2.52. The molecule has 1 unspecified atom stereocenters. The minimum atomic E-state index is -3.71. The van der Waals surface area contributed by atoms with Crippen molar-refractivity contribution < 1.29 is 13.5 Å². The van der Waals surface area contributed by atoms with Gasteiger partial charge in [-0.15, -0.1) is 0 Å². The van der Waals surface area contributed by atoms with Crippen LogP contribution in [0.3, 0.4) is 0 Å². The maximum atomic E-state index is 12.8. The molecule has 1 saturated heterocycles. The second-order valence-corrected chi connectivity index (χ2v) is 7.87. The summed E-state index contributed by atoms with van der Waals surface area (Å²) >= 11 is 12.1. The molecular weight excluding hydrogens is 335 g/mol. The lowest BCUT2D eigenvalue weighted by atomic mass is 10.2. The second-order valence-electron chi connectivity index (χ2n) is 5.22. The predicted molar refractivity (Wildman–Crippen MR) is 83.2 cm³/mol. The van der Waals surface area contributed by atoms with E-state index in [2.05, 4.69) is 4.90 Å². The molecule has 1 aromatic carbocycles. The number of aliphatic hydroxyl groups excluding tert-OH is 1. The van der Waals surface area contributed by atoms with Crippen molar-refractivity contribution in [2.75, 3.05) is 26.7 Å². The fourth-order valence-electron chi connectivity index (χ4n) is 2.53. The van der Waals surface area contributed by atoms with E-state index in [-0.39, 0.29) is 26.5 Å². The highest BCUT2D eigenvalue weighted by Gasteiger charge is 2.34. The van der Waals surface area contributed by atoms with Crippen molar-refractivity contribution in [3.8, 4) is 0 Å². The van der Waals surface area contributed by atoms with Crippen LogP contribution in [0.15, 0.2) is 17.0 Å². The van der Waals surface area contributed by atoms with Gasteiger partial charge < -0.3 is 10.0 Å². The Kier molecular flexibility index (Phi) is 5.18. The van der Waals surface area contributed by atoms with Crippen LogP contribution in [-0.2, 0) is 16.6 Å². The summed E-state index contributed by atoms with van der Waals surface area (Å²) in [5.74, 6) is 0. The molecule has 118 valence electrons. The standard InChI is InChI=1S/C13H18Cl2N2O3S/c1-9-7-16(2)5-6-17(9)21(19,20)12-4-3-11(14)10(8-18)13(12)15/h3-4,9,18H,5-8H2,1-2H3. The summed E-state index contributed by atoms with van der Waals surface area (Å²) in [7, 11) is -1.75. The molecule has 8 heteroatoms. The molecule has 1 aliphatic rings. The van der Waals surface area contributed by atoms with Crippen molar-refractivity contribution in [1.29, 1.82) is 0 Å². The number of rotatable bonds is 3. The van der Waals surface area contributed by atoms with Gasteiger partial charge in [0.15, 0.2) is 0 Å². The van der Waals surface area contributed by atoms with E-state index in [4.69, 9.17) is 23.2 Å². The maximum absolute atomic E-state index is 12.8. The van der Waals surface area contributed by atoms with E-state index in [9.17, 15) is 13.5 Å². The minimum Gasteiger partial charge on any atom is -0.392 e. The van der Waals surface area contributed by atoms with Crippen molar-refractivity contribution in [3.05, 3.63) is 27.7 Å². The molecule has 1 heterocycles. The Morgan fingerprint density at radius 1 is 1.33 bits per heavy atom. The zero-order chi connectivity index (χ0) is 15.8. The quantitative estimate of drug-likeness (QED) is 0.901. The van der Waals surface area contributed by atoms with E-state index < -0.39 is 16.6 Å². The van der Waals surface area contributed by atoms with Crippen LogP contribution in [0.25, 0.3) is 0 Å². The summed E-state index contributed by atoms with van der Waals surface area (Å²) in [5.41, 5.74) is 0.237. The number of piperazine rings is 1. The summed E-state index contributed by atoms with van der Waals surface area (Å²) in [5, 5.41) is 9.56. The minimum absolute atomic E-state index is 0.00359. The molecule has 0 radical (unpaired) electrons. The van der Waals surface area contributed by atoms with Gasteiger partial charge in [-0.05, 0) is 26.1 Å². The summed E-state index contributed by atoms with van der Waals surface area (Å²) in [6.45, 7) is 3.20. The van der Waals surface area contributed by atoms with E-state index in [1.165, 1.54) is 16.4 Å². The lowest BCUT2D eigenvalue weighted by molar-refractivity contribution is 0.170. The Morgan fingerprint density at radius 2 is 2.00 bits per heavy atom. The number of hydrogen-bond acceptors (Lipinski definition) is 4. The number of halogens is 2. The third-order valence-electron chi connectivity index (χ3n) is 3.66. The molecular formula is C13H18Cl2N2O3S. The van der Waals surface area contributed by atoms with Crippen molar-refractivity contribution in [2.24, 2.45) is 0 Å². The number of benzene rings is 1. The van der Waals surface area contributed by atoms with Gasteiger partial charge in [-0.1, -0.05) is 23.2 Å². The molecule has 1 N–H and O–H groups in total. The third kappa shape index (κ3) is 3.21. The third-order valence-corrected chi connectivity index (χ3v) is 6.62.